The average Bonchev–Trinajstić information content (AvgIpc) is 2.80. The van der Waals surface area contributed by atoms with Crippen molar-refractivity contribution in [2.45, 2.75) is 33.0 Å². The summed E-state index contributed by atoms with van der Waals surface area (Å²) in [7, 11) is 0. The number of hydrogen-bond donors (Lipinski definition) is 1. The first-order valence-electron chi connectivity index (χ1n) is 6.37. The van der Waals surface area contributed by atoms with Crippen LogP contribution in [0.2, 0.25) is 0 Å². The number of hydrogen-bond acceptors (Lipinski definition) is 1. The molecule has 0 aliphatic heterocycles. The van der Waals surface area contributed by atoms with Gasteiger partial charge in [0.25, 0.3) is 0 Å². The molecule has 4 heteroatoms. The number of rotatable bonds is 5. The average molecular weight is 325 g/mol. The molecule has 102 valence electrons. The van der Waals surface area contributed by atoms with Crippen molar-refractivity contribution in [3.8, 4) is 0 Å². The Bertz CT molecular complexity index is 549. The van der Waals surface area contributed by atoms with Crippen LogP contribution in [-0.2, 0) is 13.1 Å². The molecule has 0 bridgehead atoms. The summed E-state index contributed by atoms with van der Waals surface area (Å²) in [4.78, 5) is 0. The molecule has 0 amide bonds. The van der Waals surface area contributed by atoms with Gasteiger partial charge in [-0.3, -0.25) is 0 Å². The maximum absolute atomic E-state index is 13.4. The molecule has 0 saturated heterocycles. The summed E-state index contributed by atoms with van der Waals surface area (Å²) in [6.07, 6.45) is 4.11. The fourth-order valence-electron chi connectivity index (χ4n) is 1.88. The lowest BCUT2D eigenvalue weighted by Crippen LogP contribution is -2.21. The van der Waals surface area contributed by atoms with E-state index in [4.69, 9.17) is 0 Å². The maximum Gasteiger partial charge on any atom is 0.137 e. The van der Waals surface area contributed by atoms with E-state index in [9.17, 15) is 4.39 Å². The number of halogens is 2. The summed E-state index contributed by atoms with van der Waals surface area (Å²) in [5.74, 6) is -0.216. The summed E-state index contributed by atoms with van der Waals surface area (Å²) in [6, 6.07) is 7.68. The first kappa shape index (κ1) is 14.3. The fraction of sp³-hybridized carbons (Fsp3) is 0.333. The van der Waals surface area contributed by atoms with E-state index in [-0.39, 0.29) is 5.82 Å². The minimum Gasteiger partial charge on any atom is -0.350 e. The van der Waals surface area contributed by atoms with Crippen LogP contribution in [0.4, 0.5) is 4.39 Å². The molecule has 0 radical (unpaired) electrons. The van der Waals surface area contributed by atoms with Crippen molar-refractivity contribution in [2.24, 2.45) is 0 Å². The molecule has 0 atom stereocenters. The quantitative estimate of drug-likeness (QED) is 0.881. The van der Waals surface area contributed by atoms with Crippen molar-refractivity contribution < 1.29 is 4.39 Å². The molecule has 1 heterocycles. The molecular weight excluding hydrogens is 307 g/mol. The van der Waals surface area contributed by atoms with Crippen molar-refractivity contribution in [1.29, 1.82) is 0 Å². The number of nitrogens with one attached hydrogen (secondary N) is 1. The Morgan fingerprint density at radius 3 is 2.84 bits per heavy atom. The molecule has 2 nitrogen and oxygen atoms in total. The third-order valence-corrected chi connectivity index (χ3v) is 3.80. The van der Waals surface area contributed by atoms with E-state index >= 15 is 0 Å². The zero-order chi connectivity index (χ0) is 13.8. The molecule has 1 N–H and O–H groups in total. The lowest BCUT2D eigenvalue weighted by Gasteiger charge is -2.07. The summed E-state index contributed by atoms with van der Waals surface area (Å²) in [5.41, 5.74) is 2.18. The topological polar surface area (TPSA) is 17.0 Å². The highest BCUT2D eigenvalue weighted by molar-refractivity contribution is 9.10. The van der Waals surface area contributed by atoms with E-state index in [2.05, 4.69) is 51.9 Å². The number of benzene rings is 1. The van der Waals surface area contributed by atoms with E-state index in [1.807, 2.05) is 12.3 Å². The lowest BCUT2D eigenvalue weighted by molar-refractivity contribution is 0.588. The first-order chi connectivity index (χ1) is 9.06. The normalized spacial score (nSPS) is 11.2. The molecule has 1 aromatic heterocycles. The van der Waals surface area contributed by atoms with Crippen molar-refractivity contribution in [3.05, 3.63) is 58.1 Å². The largest absolute Gasteiger partial charge is 0.350 e. The van der Waals surface area contributed by atoms with E-state index in [1.54, 1.807) is 6.07 Å². The highest BCUT2D eigenvalue weighted by Gasteiger charge is 2.06. The molecule has 0 aliphatic rings. The van der Waals surface area contributed by atoms with Crippen LogP contribution in [0.25, 0.3) is 0 Å². The molecule has 0 spiro atoms. The molecular formula is C15H18BrFN2. The zero-order valence-corrected chi connectivity index (χ0v) is 12.7. The molecule has 0 unspecified atom stereocenters. The van der Waals surface area contributed by atoms with Crippen LogP contribution in [0.15, 0.2) is 41.1 Å². The van der Waals surface area contributed by atoms with Crippen LogP contribution in [0.1, 0.15) is 25.0 Å². The van der Waals surface area contributed by atoms with E-state index in [0.29, 0.717) is 17.1 Å². The van der Waals surface area contributed by atoms with Crippen molar-refractivity contribution in [3.63, 3.8) is 0 Å². The predicted octanol–water partition coefficient (Wildman–Crippen LogP) is 3.94. The van der Waals surface area contributed by atoms with Gasteiger partial charge in [-0.1, -0.05) is 26.0 Å². The first-order valence-corrected chi connectivity index (χ1v) is 7.16. The molecule has 2 rings (SSSR count). The molecule has 0 fully saturated rings. The Kier molecular flexibility index (Phi) is 4.77. The van der Waals surface area contributed by atoms with Crippen molar-refractivity contribution in [2.75, 3.05) is 0 Å². The maximum atomic E-state index is 13.4. The van der Waals surface area contributed by atoms with E-state index < -0.39 is 0 Å². The second-order valence-electron chi connectivity index (χ2n) is 4.94. The van der Waals surface area contributed by atoms with Gasteiger partial charge >= 0.3 is 0 Å². The van der Waals surface area contributed by atoms with Crippen LogP contribution in [-0.4, -0.2) is 10.6 Å². The third kappa shape index (κ3) is 3.91. The van der Waals surface area contributed by atoms with Gasteiger partial charge < -0.3 is 9.88 Å². The second-order valence-corrected chi connectivity index (χ2v) is 5.73. The van der Waals surface area contributed by atoms with Gasteiger partial charge in [0.05, 0.1) is 4.47 Å². The standard InChI is InChI=1S/C15H18BrFN2/c1-11(2)18-8-12-6-7-19(9-12)10-13-4-3-5-14(17)15(13)16/h3-7,9,11,18H,8,10H2,1-2H3. The lowest BCUT2D eigenvalue weighted by atomic mass is 10.2. The Morgan fingerprint density at radius 1 is 1.32 bits per heavy atom. The number of nitrogens with zero attached hydrogens (tertiary/aromatic N) is 1. The Morgan fingerprint density at radius 2 is 2.11 bits per heavy atom. The van der Waals surface area contributed by atoms with Gasteiger partial charge in [0.1, 0.15) is 5.82 Å². The zero-order valence-electron chi connectivity index (χ0n) is 11.2. The van der Waals surface area contributed by atoms with Crippen LogP contribution < -0.4 is 5.32 Å². The minimum atomic E-state index is -0.216. The molecule has 2 aromatic rings. The Labute approximate surface area is 121 Å². The fourth-order valence-corrected chi connectivity index (χ4v) is 2.27. The van der Waals surface area contributed by atoms with Gasteiger partial charge in [0.15, 0.2) is 0 Å². The van der Waals surface area contributed by atoms with Gasteiger partial charge in [-0.25, -0.2) is 4.39 Å². The Balaban J connectivity index is 2.05. The van der Waals surface area contributed by atoms with Crippen LogP contribution in [0.5, 0.6) is 0 Å². The summed E-state index contributed by atoms with van der Waals surface area (Å²) < 4.78 is 16.0. The summed E-state index contributed by atoms with van der Waals surface area (Å²) in [5, 5.41) is 3.38. The summed E-state index contributed by atoms with van der Waals surface area (Å²) >= 11 is 3.29. The molecule has 1 aromatic carbocycles. The highest BCUT2D eigenvalue weighted by Crippen LogP contribution is 2.21. The van der Waals surface area contributed by atoms with Crippen LogP contribution >= 0.6 is 15.9 Å². The molecule has 19 heavy (non-hydrogen) atoms. The van der Waals surface area contributed by atoms with E-state index in [1.165, 1.54) is 11.6 Å². The minimum absolute atomic E-state index is 0.216. The molecule has 0 aliphatic carbocycles. The van der Waals surface area contributed by atoms with Gasteiger partial charge in [0.2, 0.25) is 0 Å². The van der Waals surface area contributed by atoms with Gasteiger partial charge in [-0.2, -0.15) is 0 Å². The summed E-state index contributed by atoms with van der Waals surface area (Å²) in [6.45, 7) is 5.77. The van der Waals surface area contributed by atoms with Crippen molar-refractivity contribution >= 4 is 15.9 Å². The Hall–Kier alpha value is -1.13. The van der Waals surface area contributed by atoms with Gasteiger partial charge in [-0.05, 0) is 39.2 Å². The molecule has 0 saturated carbocycles. The van der Waals surface area contributed by atoms with Crippen LogP contribution in [0.3, 0.4) is 0 Å². The highest BCUT2D eigenvalue weighted by atomic mass is 79.9. The van der Waals surface area contributed by atoms with E-state index in [0.717, 1.165) is 12.1 Å². The smallest absolute Gasteiger partial charge is 0.137 e. The van der Waals surface area contributed by atoms with Gasteiger partial charge in [0, 0.05) is 31.5 Å². The third-order valence-electron chi connectivity index (χ3n) is 2.91. The van der Waals surface area contributed by atoms with Gasteiger partial charge in [-0.15, -0.1) is 0 Å². The van der Waals surface area contributed by atoms with Crippen LogP contribution in [0, 0.1) is 5.82 Å². The predicted molar refractivity (Wildman–Crippen MR) is 79.6 cm³/mol. The monoisotopic (exact) mass is 324 g/mol. The second kappa shape index (κ2) is 6.35. The SMILES string of the molecule is CC(C)NCc1ccn(Cc2cccc(F)c2Br)c1. The number of aromatic nitrogens is 1. The van der Waals surface area contributed by atoms with Crippen molar-refractivity contribution in [1.82, 2.24) is 9.88 Å².